The summed E-state index contributed by atoms with van der Waals surface area (Å²) in [7, 11) is 0. The van der Waals surface area contributed by atoms with Gasteiger partial charge < -0.3 is 10.6 Å². The Bertz CT molecular complexity index is 594. The number of anilines is 1. The van der Waals surface area contributed by atoms with Crippen molar-refractivity contribution in [3.05, 3.63) is 52.2 Å². The van der Waals surface area contributed by atoms with Gasteiger partial charge in [-0.1, -0.05) is 31.2 Å². The molecule has 4 heteroatoms. The third kappa shape index (κ3) is 2.43. The predicted molar refractivity (Wildman–Crippen MR) is 83.2 cm³/mol. The number of nitrogens with one attached hydrogen (secondary N) is 2. The van der Waals surface area contributed by atoms with Gasteiger partial charge in [-0.25, -0.2) is 0 Å². The number of hydrogen-bond acceptors (Lipinski definition) is 3. The summed E-state index contributed by atoms with van der Waals surface area (Å²) < 4.78 is 0. The Morgan fingerprint density at radius 1 is 1.40 bits per heavy atom. The highest BCUT2D eigenvalue weighted by Gasteiger charge is 2.29. The normalized spacial score (nSPS) is 18.1. The van der Waals surface area contributed by atoms with Crippen molar-refractivity contribution in [2.75, 3.05) is 11.9 Å². The summed E-state index contributed by atoms with van der Waals surface area (Å²) in [5, 5.41) is 8.53. The zero-order chi connectivity index (χ0) is 13.9. The fourth-order valence-electron chi connectivity index (χ4n) is 2.65. The molecule has 20 heavy (non-hydrogen) atoms. The molecule has 2 aromatic rings. The maximum atomic E-state index is 12.5. The van der Waals surface area contributed by atoms with Gasteiger partial charge in [-0.3, -0.25) is 4.79 Å². The van der Waals surface area contributed by atoms with Crippen LogP contribution in [-0.4, -0.2) is 12.5 Å². The van der Waals surface area contributed by atoms with Crippen molar-refractivity contribution >= 4 is 22.9 Å². The number of fused-ring (bicyclic) bond motifs is 1. The first kappa shape index (κ1) is 13.2. The van der Waals surface area contributed by atoms with Crippen molar-refractivity contribution in [1.29, 1.82) is 0 Å². The maximum Gasteiger partial charge on any atom is 0.229 e. The number of rotatable bonds is 4. The molecule has 3 nitrogen and oxygen atoms in total. The molecule has 1 aliphatic heterocycles. The lowest BCUT2D eigenvalue weighted by Crippen LogP contribution is -2.33. The monoisotopic (exact) mass is 286 g/mol. The van der Waals surface area contributed by atoms with Crippen molar-refractivity contribution < 1.29 is 4.79 Å². The Kier molecular flexibility index (Phi) is 3.74. The number of para-hydroxylation sites is 1. The third-order valence-electron chi connectivity index (χ3n) is 3.76. The summed E-state index contributed by atoms with van der Waals surface area (Å²) in [6.07, 6.45) is 0.911. The van der Waals surface area contributed by atoms with Crippen molar-refractivity contribution in [3.63, 3.8) is 0 Å². The van der Waals surface area contributed by atoms with Crippen LogP contribution >= 0.6 is 11.3 Å². The van der Waals surface area contributed by atoms with E-state index in [0.29, 0.717) is 6.54 Å². The van der Waals surface area contributed by atoms with E-state index in [1.165, 1.54) is 4.88 Å². The van der Waals surface area contributed by atoms with Crippen LogP contribution in [0.1, 0.15) is 35.7 Å². The van der Waals surface area contributed by atoms with Gasteiger partial charge in [0.25, 0.3) is 0 Å². The van der Waals surface area contributed by atoms with Crippen LogP contribution in [0.5, 0.6) is 0 Å². The lowest BCUT2D eigenvalue weighted by molar-refractivity contribution is -0.122. The van der Waals surface area contributed by atoms with Crippen LogP contribution in [0.4, 0.5) is 5.69 Å². The van der Waals surface area contributed by atoms with E-state index in [1.807, 2.05) is 30.3 Å². The van der Waals surface area contributed by atoms with E-state index in [1.54, 1.807) is 11.3 Å². The second-order valence-electron chi connectivity index (χ2n) is 5.01. The minimum atomic E-state index is -0.0831. The minimum absolute atomic E-state index is 0.0831. The van der Waals surface area contributed by atoms with Crippen molar-refractivity contribution in [2.24, 2.45) is 0 Å². The lowest BCUT2D eigenvalue weighted by Gasteiger charge is -2.18. The molecule has 2 atom stereocenters. The van der Waals surface area contributed by atoms with Crippen molar-refractivity contribution in [3.8, 4) is 0 Å². The van der Waals surface area contributed by atoms with Crippen LogP contribution in [0.25, 0.3) is 0 Å². The van der Waals surface area contributed by atoms with Gasteiger partial charge in [-0.15, -0.1) is 11.3 Å². The first-order valence-electron chi connectivity index (χ1n) is 6.96. The van der Waals surface area contributed by atoms with Gasteiger partial charge in [0.2, 0.25) is 5.91 Å². The molecule has 0 spiro atoms. The predicted octanol–water partition coefficient (Wildman–Crippen LogP) is 3.52. The van der Waals surface area contributed by atoms with Crippen molar-refractivity contribution in [1.82, 2.24) is 5.32 Å². The quantitative estimate of drug-likeness (QED) is 0.903. The van der Waals surface area contributed by atoms with Crippen LogP contribution in [0.15, 0.2) is 41.8 Å². The number of benzene rings is 1. The first-order valence-corrected chi connectivity index (χ1v) is 7.84. The van der Waals surface area contributed by atoms with Gasteiger partial charge in [0.15, 0.2) is 0 Å². The molecule has 0 saturated heterocycles. The molecule has 2 N–H and O–H groups in total. The van der Waals surface area contributed by atoms with Crippen LogP contribution in [0.3, 0.4) is 0 Å². The number of carbonyl (C=O) groups excluding carboxylic acids is 1. The molecule has 104 valence electrons. The van der Waals surface area contributed by atoms with Crippen LogP contribution < -0.4 is 10.6 Å². The van der Waals surface area contributed by atoms with Crippen LogP contribution in [0.2, 0.25) is 0 Å². The molecule has 0 aliphatic carbocycles. The van der Waals surface area contributed by atoms with Gasteiger partial charge in [0, 0.05) is 17.1 Å². The molecule has 1 aromatic carbocycles. The van der Waals surface area contributed by atoms with E-state index < -0.39 is 0 Å². The largest absolute Gasteiger partial charge is 0.384 e. The Balaban J connectivity index is 1.74. The average Bonchev–Trinajstić information content (AvgIpc) is 3.13. The average molecular weight is 286 g/mol. The third-order valence-corrected chi connectivity index (χ3v) is 4.75. The van der Waals surface area contributed by atoms with Crippen molar-refractivity contribution in [2.45, 2.75) is 25.3 Å². The molecule has 0 bridgehead atoms. The SMILES string of the molecule is CCC(NC(=O)C1CNc2ccccc21)c1cccs1. The Hall–Kier alpha value is -1.81. The molecule has 2 unspecified atom stereocenters. The highest BCUT2D eigenvalue weighted by molar-refractivity contribution is 7.10. The molecule has 1 aromatic heterocycles. The molecular formula is C16H18N2OS. The summed E-state index contributed by atoms with van der Waals surface area (Å²) in [5.41, 5.74) is 2.18. The molecular weight excluding hydrogens is 268 g/mol. The molecule has 3 rings (SSSR count). The van der Waals surface area contributed by atoms with Gasteiger partial charge >= 0.3 is 0 Å². The van der Waals surface area contributed by atoms with Crippen LogP contribution in [-0.2, 0) is 4.79 Å². The summed E-state index contributed by atoms with van der Waals surface area (Å²) in [4.78, 5) is 13.7. The van der Waals surface area contributed by atoms with E-state index >= 15 is 0 Å². The topological polar surface area (TPSA) is 41.1 Å². The van der Waals surface area contributed by atoms with E-state index in [4.69, 9.17) is 0 Å². The highest BCUT2D eigenvalue weighted by atomic mass is 32.1. The maximum absolute atomic E-state index is 12.5. The zero-order valence-electron chi connectivity index (χ0n) is 11.4. The van der Waals surface area contributed by atoms with E-state index in [2.05, 4.69) is 29.0 Å². The molecule has 0 radical (unpaired) electrons. The van der Waals surface area contributed by atoms with Crippen LogP contribution in [0, 0.1) is 0 Å². The Morgan fingerprint density at radius 2 is 2.25 bits per heavy atom. The second-order valence-corrected chi connectivity index (χ2v) is 5.98. The molecule has 2 heterocycles. The summed E-state index contributed by atoms with van der Waals surface area (Å²) in [5.74, 6) is 0.0305. The molecule has 1 aliphatic rings. The van der Waals surface area contributed by atoms with Gasteiger partial charge in [0.1, 0.15) is 0 Å². The molecule has 1 amide bonds. The fraction of sp³-hybridized carbons (Fsp3) is 0.312. The molecule has 0 saturated carbocycles. The van der Waals surface area contributed by atoms with Gasteiger partial charge in [0.05, 0.1) is 12.0 Å². The summed E-state index contributed by atoms with van der Waals surface area (Å²) in [6, 6.07) is 12.3. The number of carbonyl (C=O) groups is 1. The molecule has 0 fully saturated rings. The number of hydrogen-bond donors (Lipinski definition) is 2. The Morgan fingerprint density at radius 3 is 3.00 bits per heavy atom. The summed E-state index contributed by atoms with van der Waals surface area (Å²) in [6.45, 7) is 2.79. The highest BCUT2D eigenvalue weighted by Crippen LogP contribution is 2.32. The fourth-order valence-corrected chi connectivity index (χ4v) is 3.52. The number of thiophene rings is 1. The summed E-state index contributed by atoms with van der Waals surface area (Å²) >= 11 is 1.70. The lowest BCUT2D eigenvalue weighted by atomic mass is 10.00. The zero-order valence-corrected chi connectivity index (χ0v) is 12.2. The van der Waals surface area contributed by atoms with E-state index in [9.17, 15) is 4.79 Å². The van der Waals surface area contributed by atoms with E-state index in [0.717, 1.165) is 17.7 Å². The smallest absolute Gasteiger partial charge is 0.229 e. The minimum Gasteiger partial charge on any atom is -0.384 e. The van der Waals surface area contributed by atoms with Gasteiger partial charge in [-0.05, 0) is 29.5 Å². The standard InChI is InChI=1S/C16H18N2OS/c1-2-13(15-8-5-9-20-15)18-16(19)12-10-17-14-7-4-3-6-11(12)14/h3-9,12-13,17H,2,10H2,1H3,(H,18,19). The van der Waals surface area contributed by atoms with E-state index in [-0.39, 0.29) is 17.9 Å². The first-order chi connectivity index (χ1) is 9.79. The second kappa shape index (κ2) is 5.67. The van der Waals surface area contributed by atoms with Gasteiger partial charge in [-0.2, -0.15) is 0 Å². The number of amides is 1. The Labute approximate surface area is 123 Å².